The second-order valence-corrected chi connectivity index (χ2v) is 9.20. The van der Waals surface area contributed by atoms with Gasteiger partial charge in [-0.05, 0) is 93.9 Å². The Morgan fingerprint density at radius 3 is 2.49 bits per heavy atom. The molecule has 0 unspecified atom stereocenters. The van der Waals surface area contributed by atoms with Gasteiger partial charge in [0, 0.05) is 9.13 Å². The second kappa shape index (κ2) is 10.3. The van der Waals surface area contributed by atoms with Crippen LogP contribution < -0.4 is 9.47 Å². The van der Waals surface area contributed by atoms with E-state index in [1.54, 1.807) is 6.08 Å². The minimum Gasteiger partial charge on any atom is -0.490 e. The van der Waals surface area contributed by atoms with E-state index in [0.29, 0.717) is 30.6 Å². The van der Waals surface area contributed by atoms with Gasteiger partial charge >= 0.3 is 5.97 Å². The van der Waals surface area contributed by atoms with Crippen molar-refractivity contribution >= 4 is 51.3 Å². The van der Waals surface area contributed by atoms with Crippen LogP contribution >= 0.6 is 22.6 Å². The predicted octanol–water partition coefficient (Wildman–Crippen LogP) is 6.77. The maximum atomic E-state index is 12.5. The summed E-state index contributed by atoms with van der Waals surface area (Å²) in [4.78, 5) is 17.0. The molecule has 0 atom stereocenters. The summed E-state index contributed by atoms with van der Waals surface area (Å²) in [5, 5.41) is 2.17. The Bertz CT molecular complexity index is 1460. The average molecular weight is 575 g/mol. The number of esters is 1. The topological polar surface area (TPSA) is 57.1 Å². The summed E-state index contributed by atoms with van der Waals surface area (Å²) in [5.41, 5.74) is 2.84. The minimum atomic E-state index is -0.481. The lowest BCUT2D eigenvalue weighted by Gasteiger charge is -2.13. The number of benzene rings is 4. The third kappa shape index (κ3) is 5.38. The third-order valence-electron chi connectivity index (χ3n) is 5.50. The molecule has 1 aliphatic rings. The Morgan fingerprint density at radius 2 is 1.69 bits per heavy atom. The Labute approximate surface area is 217 Å². The maximum Gasteiger partial charge on any atom is 0.363 e. The normalized spacial score (nSPS) is 14.2. The Kier molecular flexibility index (Phi) is 6.81. The fraction of sp³-hybridized carbons (Fsp3) is 0.103. The van der Waals surface area contributed by atoms with Gasteiger partial charge in [-0.3, -0.25) is 0 Å². The zero-order valence-electron chi connectivity index (χ0n) is 19.0. The molecule has 0 amide bonds. The highest BCUT2D eigenvalue weighted by Gasteiger charge is 2.24. The average Bonchev–Trinajstić information content (AvgIpc) is 3.24. The molecule has 4 aromatic carbocycles. The minimum absolute atomic E-state index is 0.239. The highest BCUT2D eigenvalue weighted by Crippen LogP contribution is 2.31. The molecule has 0 aromatic heterocycles. The van der Waals surface area contributed by atoms with E-state index >= 15 is 0 Å². The molecule has 0 N–H and O–H groups in total. The van der Waals surface area contributed by atoms with E-state index in [1.165, 1.54) is 3.57 Å². The van der Waals surface area contributed by atoms with Crippen molar-refractivity contribution in [3.8, 4) is 11.5 Å². The molecule has 1 heterocycles. The third-order valence-corrected chi connectivity index (χ3v) is 6.21. The molecule has 0 spiro atoms. The van der Waals surface area contributed by atoms with Crippen LogP contribution in [0.5, 0.6) is 11.5 Å². The molecule has 0 aliphatic carbocycles. The number of ether oxygens (including phenoxy) is 3. The van der Waals surface area contributed by atoms with Gasteiger partial charge in [0.25, 0.3) is 0 Å². The van der Waals surface area contributed by atoms with Crippen LogP contribution in [-0.4, -0.2) is 18.5 Å². The number of carbonyl (C=O) groups excluding carboxylic acids is 1. The number of halogens is 1. The number of hydrogen-bond donors (Lipinski definition) is 0. The van der Waals surface area contributed by atoms with Gasteiger partial charge in [-0.1, -0.05) is 48.5 Å². The number of aliphatic imine (C=N–C) groups is 1. The van der Waals surface area contributed by atoms with Crippen LogP contribution in [-0.2, 0) is 16.1 Å². The number of nitrogens with zero attached hydrogens (tertiary/aromatic N) is 1. The molecule has 0 radical (unpaired) electrons. The standard InChI is InChI=1S/C29H22INO4/c1-2-33-27-16-20(9-14-26(27)34-18-19-7-12-24(30)13-8-19)15-25-29(32)35-28(31-25)23-11-10-21-5-3-4-6-22(21)17-23/h3-17H,2,18H2,1H3/b25-15-. The van der Waals surface area contributed by atoms with Gasteiger partial charge in [0.05, 0.1) is 6.61 Å². The van der Waals surface area contributed by atoms with Crippen LogP contribution in [0.15, 0.2) is 95.6 Å². The number of rotatable bonds is 7. The molecule has 5 rings (SSSR count). The first kappa shape index (κ1) is 23.1. The molecule has 6 heteroatoms. The number of carbonyl (C=O) groups is 1. The summed E-state index contributed by atoms with van der Waals surface area (Å²) >= 11 is 2.28. The van der Waals surface area contributed by atoms with Gasteiger partial charge in [-0.2, -0.15) is 0 Å². The molecular formula is C29H22INO4. The van der Waals surface area contributed by atoms with Crippen LogP contribution in [0.25, 0.3) is 16.8 Å². The van der Waals surface area contributed by atoms with E-state index in [2.05, 4.69) is 27.6 Å². The molecule has 35 heavy (non-hydrogen) atoms. The van der Waals surface area contributed by atoms with Crippen molar-refractivity contribution in [1.82, 2.24) is 0 Å². The van der Waals surface area contributed by atoms with Crippen molar-refractivity contribution in [2.75, 3.05) is 6.61 Å². The van der Waals surface area contributed by atoms with E-state index in [0.717, 1.165) is 27.5 Å². The summed E-state index contributed by atoms with van der Waals surface area (Å²) in [5.74, 6) is 1.07. The van der Waals surface area contributed by atoms with Crippen molar-refractivity contribution in [1.29, 1.82) is 0 Å². The van der Waals surface area contributed by atoms with E-state index in [9.17, 15) is 4.79 Å². The van der Waals surface area contributed by atoms with Gasteiger partial charge in [0.1, 0.15) is 6.61 Å². The van der Waals surface area contributed by atoms with E-state index in [4.69, 9.17) is 14.2 Å². The van der Waals surface area contributed by atoms with Gasteiger partial charge in [0.15, 0.2) is 17.2 Å². The summed E-state index contributed by atoms with van der Waals surface area (Å²) < 4.78 is 18.4. The summed E-state index contributed by atoms with van der Waals surface area (Å²) in [6, 6.07) is 27.6. The first-order valence-corrected chi connectivity index (χ1v) is 12.3. The van der Waals surface area contributed by atoms with Crippen molar-refractivity contribution in [3.63, 3.8) is 0 Å². The smallest absolute Gasteiger partial charge is 0.363 e. The largest absolute Gasteiger partial charge is 0.490 e. The highest BCUT2D eigenvalue weighted by atomic mass is 127. The van der Waals surface area contributed by atoms with Gasteiger partial charge < -0.3 is 14.2 Å². The van der Waals surface area contributed by atoms with Crippen molar-refractivity contribution in [2.45, 2.75) is 13.5 Å². The lowest BCUT2D eigenvalue weighted by atomic mass is 10.1. The fourth-order valence-corrected chi connectivity index (χ4v) is 4.12. The Balaban J connectivity index is 1.38. The van der Waals surface area contributed by atoms with Gasteiger partial charge in [0.2, 0.25) is 5.90 Å². The SMILES string of the molecule is CCOc1cc(/C=C2\N=C(c3ccc4ccccc4c3)OC2=O)ccc1OCc1ccc(I)cc1. The summed E-state index contributed by atoms with van der Waals surface area (Å²) in [6.07, 6.45) is 1.70. The lowest BCUT2D eigenvalue weighted by molar-refractivity contribution is -0.129. The van der Waals surface area contributed by atoms with Crippen LogP contribution in [0.4, 0.5) is 0 Å². The predicted molar refractivity (Wildman–Crippen MR) is 146 cm³/mol. The van der Waals surface area contributed by atoms with Gasteiger partial charge in [-0.25, -0.2) is 9.79 Å². The quantitative estimate of drug-likeness (QED) is 0.139. The number of cyclic esters (lactones) is 1. The molecule has 4 aromatic rings. The molecule has 1 aliphatic heterocycles. The van der Waals surface area contributed by atoms with Crippen molar-refractivity contribution < 1.29 is 19.0 Å². The molecule has 0 saturated carbocycles. The molecule has 5 nitrogen and oxygen atoms in total. The zero-order chi connectivity index (χ0) is 24.2. The molecule has 0 bridgehead atoms. The molecule has 174 valence electrons. The Hall–Kier alpha value is -3.65. The highest BCUT2D eigenvalue weighted by molar-refractivity contribution is 14.1. The summed E-state index contributed by atoms with van der Waals surface area (Å²) in [7, 11) is 0. The van der Waals surface area contributed by atoms with E-state index in [1.807, 2.05) is 91.9 Å². The first-order valence-electron chi connectivity index (χ1n) is 11.2. The van der Waals surface area contributed by atoms with Crippen LogP contribution in [0, 0.1) is 3.57 Å². The number of fused-ring (bicyclic) bond motifs is 1. The Morgan fingerprint density at radius 1 is 0.886 bits per heavy atom. The fourth-order valence-electron chi connectivity index (χ4n) is 3.76. The summed E-state index contributed by atoms with van der Waals surface area (Å²) in [6.45, 7) is 2.85. The second-order valence-electron chi connectivity index (χ2n) is 7.95. The maximum absolute atomic E-state index is 12.5. The zero-order valence-corrected chi connectivity index (χ0v) is 21.2. The van der Waals surface area contributed by atoms with Crippen molar-refractivity contribution in [3.05, 3.63) is 111 Å². The first-order chi connectivity index (χ1) is 17.1. The van der Waals surface area contributed by atoms with Crippen molar-refractivity contribution in [2.24, 2.45) is 4.99 Å². The molecule has 0 saturated heterocycles. The lowest BCUT2D eigenvalue weighted by Crippen LogP contribution is -2.05. The van der Waals surface area contributed by atoms with E-state index in [-0.39, 0.29) is 5.70 Å². The van der Waals surface area contributed by atoms with Crippen LogP contribution in [0.1, 0.15) is 23.6 Å². The number of hydrogen-bond acceptors (Lipinski definition) is 5. The van der Waals surface area contributed by atoms with Crippen LogP contribution in [0.3, 0.4) is 0 Å². The van der Waals surface area contributed by atoms with Gasteiger partial charge in [-0.15, -0.1) is 0 Å². The van der Waals surface area contributed by atoms with E-state index < -0.39 is 5.97 Å². The monoisotopic (exact) mass is 575 g/mol. The molecular weight excluding hydrogens is 553 g/mol. The molecule has 0 fully saturated rings. The van der Waals surface area contributed by atoms with Crippen LogP contribution in [0.2, 0.25) is 0 Å².